The van der Waals surface area contributed by atoms with Gasteiger partial charge in [0, 0.05) is 44.4 Å². The molecule has 0 bridgehead atoms. The Morgan fingerprint density at radius 2 is 1.89 bits per heavy atom. The zero-order valence-electron chi connectivity index (χ0n) is 25.6. The Bertz CT molecular complexity index is 1920. The molecule has 240 valence electrons. The van der Waals surface area contributed by atoms with E-state index in [0.717, 1.165) is 6.07 Å². The van der Waals surface area contributed by atoms with E-state index in [0.29, 0.717) is 65.5 Å². The Morgan fingerprint density at radius 3 is 2.57 bits per heavy atom. The molecule has 1 aliphatic carbocycles. The maximum absolute atomic E-state index is 14.3. The van der Waals surface area contributed by atoms with Crippen molar-refractivity contribution in [3.8, 4) is 34.7 Å². The molecule has 2 aromatic heterocycles. The van der Waals surface area contributed by atoms with Crippen molar-refractivity contribution in [1.82, 2.24) is 25.1 Å². The fraction of sp³-hybridized carbons (Fsp3) is 0.333. The number of alkyl halides is 3. The molecule has 4 aromatic rings. The standard InChI is InChI=1S/C33H30F3N9O2/c1-44-18-40-43-31(44)24-4-3-19(14-37)9-25(24)22-12-29(41-23-7-20(8-23)15-38)42-30(13-22)45-17-27-26(32(45)46)10-21(16-39-5-6-47-2)11-28(27)33(34,35)36/h3-4,9-13,18,20,23,39H,5-8,16-17H2,1-2H3,(H,41,42). The number of carbonyl (C=O) groups is 1. The third-order valence-electron chi connectivity index (χ3n) is 8.39. The number of benzene rings is 2. The van der Waals surface area contributed by atoms with Gasteiger partial charge >= 0.3 is 6.18 Å². The van der Waals surface area contributed by atoms with E-state index in [1.807, 2.05) is 0 Å². The number of rotatable bonds is 10. The van der Waals surface area contributed by atoms with Crippen molar-refractivity contribution in [3.05, 3.63) is 76.6 Å². The van der Waals surface area contributed by atoms with Gasteiger partial charge in [0.2, 0.25) is 0 Å². The summed E-state index contributed by atoms with van der Waals surface area (Å²) in [5, 5.41) is 33.6. The van der Waals surface area contributed by atoms with Crippen molar-refractivity contribution in [3.63, 3.8) is 0 Å². The minimum atomic E-state index is -4.69. The van der Waals surface area contributed by atoms with Crippen LogP contribution in [0.4, 0.5) is 24.8 Å². The molecule has 1 fully saturated rings. The normalized spacial score (nSPS) is 17.2. The molecule has 0 unspecified atom stereocenters. The van der Waals surface area contributed by atoms with Gasteiger partial charge in [0.25, 0.3) is 5.91 Å². The van der Waals surface area contributed by atoms with Crippen LogP contribution in [0, 0.1) is 28.6 Å². The van der Waals surface area contributed by atoms with E-state index in [1.54, 1.807) is 48.3 Å². The van der Waals surface area contributed by atoms with E-state index in [1.165, 1.54) is 18.1 Å². The molecule has 14 heteroatoms. The molecule has 1 amide bonds. The molecule has 1 aliphatic heterocycles. The predicted molar refractivity (Wildman–Crippen MR) is 166 cm³/mol. The number of methoxy groups -OCH3 is 1. The molecule has 6 rings (SSSR count). The fourth-order valence-electron chi connectivity index (χ4n) is 5.92. The van der Waals surface area contributed by atoms with Crippen molar-refractivity contribution in [2.45, 2.75) is 38.1 Å². The summed E-state index contributed by atoms with van der Waals surface area (Å²) < 4.78 is 49.8. The Hall–Kier alpha value is -5.31. The Morgan fingerprint density at radius 1 is 1.09 bits per heavy atom. The van der Waals surface area contributed by atoms with Gasteiger partial charge in [-0.3, -0.25) is 9.69 Å². The summed E-state index contributed by atoms with van der Waals surface area (Å²) in [6, 6.07) is 15.4. The summed E-state index contributed by atoms with van der Waals surface area (Å²) in [6.07, 6.45) is -1.93. The zero-order valence-corrected chi connectivity index (χ0v) is 25.6. The second kappa shape index (κ2) is 12.8. The molecule has 0 radical (unpaired) electrons. The van der Waals surface area contributed by atoms with E-state index >= 15 is 0 Å². The smallest absolute Gasteiger partial charge is 0.383 e. The molecule has 11 nitrogen and oxygen atoms in total. The number of aromatic nitrogens is 4. The molecule has 0 saturated heterocycles. The minimum absolute atomic E-state index is 0.0350. The van der Waals surface area contributed by atoms with Crippen molar-refractivity contribution >= 4 is 17.5 Å². The molecule has 0 atom stereocenters. The average Bonchev–Trinajstić information content (AvgIpc) is 3.62. The number of nitriles is 2. The maximum atomic E-state index is 14.3. The van der Waals surface area contributed by atoms with Crippen LogP contribution in [0.15, 0.2) is 48.8 Å². The first-order valence-electron chi connectivity index (χ1n) is 14.9. The maximum Gasteiger partial charge on any atom is 0.416 e. The van der Waals surface area contributed by atoms with E-state index < -0.39 is 17.6 Å². The lowest BCUT2D eigenvalue weighted by atomic mass is 9.81. The van der Waals surface area contributed by atoms with Gasteiger partial charge in [-0.25, -0.2) is 4.98 Å². The van der Waals surface area contributed by atoms with Gasteiger partial charge < -0.3 is 19.9 Å². The predicted octanol–water partition coefficient (Wildman–Crippen LogP) is 5.05. The van der Waals surface area contributed by atoms with Crippen LogP contribution >= 0.6 is 0 Å². The zero-order chi connectivity index (χ0) is 33.3. The average molecular weight is 642 g/mol. The highest BCUT2D eigenvalue weighted by Gasteiger charge is 2.41. The number of carbonyl (C=O) groups excluding carboxylic acids is 1. The number of pyridine rings is 1. The molecule has 1 saturated carbocycles. The van der Waals surface area contributed by atoms with E-state index in [-0.39, 0.29) is 42.0 Å². The lowest BCUT2D eigenvalue weighted by molar-refractivity contribution is -0.138. The summed E-state index contributed by atoms with van der Waals surface area (Å²) in [7, 11) is 3.31. The first-order chi connectivity index (χ1) is 22.6. The highest BCUT2D eigenvalue weighted by atomic mass is 19.4. The van der Waals surface area contributed by atoms with Crippen molar-refractivity contribution in [2.24, 2.45) is 13.0 Å². The van der Waals surface area contributed by atoms with Gasteiger partial charge in [-0.15, -0.1) is 10.2 Å². The monoisotopic (exact) mass is 641 g/mol. The Kier molecular flexibility index (Phi) is 8.64. The summed E-state index contributed by atoms with van der Waals surface area (Å²) in [6.45, 7) is 0.612. The number of nitrogens with one attached hydrogen (secondary N) is 2. The van der Waals surface area contributed by atoms with E-state index in [4.69, 9.17) is 4.74 Å². The molecular weight excluding hydrogens is 611 g/mol. The summed E-state index contributed by atoms with van der Waals surface area (Å²) >= 11 is 0. The number of amides is 1. The molecular formula is C33H30F3N9O2. The molecule has 2 aliphatic rings. The van der Waals surface area contributed by atoms with Crippen molar-refractivity contribution in [1.29, 1.82) is 10.5 Å². The van der Waals surface area contributed by atoms with Crippen LogP contribution in [0.2, 0.25) is 0 Å². The lowest BCUT2D eigenvalue weighted by Crippen LogP contribution is -2.35. The molecule has 47 heavy (non-hydrogen) atoms. The van der Waals surface area contributed by atoms with Crippen LogP contribution in [0.3, 0.4) is 0 Å². The van der Waals surface area contributed by atoms with Crippen LogP contribution in [0.5, 0.6) is 0 Å². The second-order valence-corrected chi connectivity index (χ2v) is 11.6. The third kappa shape index (κ3) is 6.38. The highest BCUT2D eigenvalue weighted by molar-refractivity contribution is 6.10. The van der Waals surface area contributed by atoms with Gasteiger partial charge in [-0.1, -0.05) is 0 Å². The van der Waals surface area contributed by atoms with Gasteiger partial charge in [-0.2, -0.15) is 23.7 Å². The van der Waals surface area contributed by atoms with E-state index in [2.05, 4.69) is 38.0 Å². The van der Waals surface area contributed by atoms with Gasteiger partial charge in [0.1, 0.15) is 18.0 Å². The number of hydrogen-bond donors (Lipinski definition) is 2. The van der Waals surface area contributed by atoms with Crippen LogP contribution in [0.1, 0.15) is 45.5 Å². The van der Waals surface area contributed by atoms with Gasteiger partial charge in [-0.05, 0) is 77.6 Å². The van der Waals surface area contributed by atoms with Crippen molar-refractivity contribution in [2.75, 3.05) is 30.5 Å². The topological polar surface area (TPSA) is 145 Å². The van der Waals surface area contributed by atoms with Crippen LogP contribution < -0.4 is 15.5 Å². The number of aryl methyl sites for hydroxylation is 1. The second-order valence-electron chi connectivity index (χ2n) is 11.6. The lowest BCUT2D eigenvalue weighted by Gasteiger charge is -2.32. The highest BCUT2D eigenvalue weighted by Crippen LogP contribution is 2.41. The van der Waals surface area contributed by atoms with E-state index in [9.17, 15) is 28.5 Å². The SMILES string of the molecule is COCCNCc1cc2c(c(C(F)(F)F)c1)CN(c1cc(-c3cc(C#N)ccc3-c3nncn3C)cc(NC3CC(C#N)C3)n1)C2=O. The van der Waals surface area contributed by atoms with Crippen molar-refractivity contribution < 1.29 is 22.7 Å². The Balaban J connectivity index is 1.44. The number of halogens is 3. The first kappa shape index (κ1) is 31.7. The van der Waals surface area contributed by atoms with Crippen LogP contribution in [-0.4, -0.2) is 52.0 Å². The summed E-state index contributed by atoms with van der Waals surface area (Å²) in [5.74, 6) is 0.361. The first-order valence-corrected chi connectivity index (χ1v) is 14.9. The largest absolute Gasteiger partial charge is 0.416 e. The third-order valence-corrected chi connectivity index (χ3v) is 8.39. The molecule has 0 spiro atoms. The number of nitrogens with zero attached hydrogens (tertiary/aromatic N) is 7. The van der Waals surface area contributed by atoms with Crippen LogP contribution in [0.25, 0.3) is 22.5 Å². The number of hydrogen-bond acceptors (Lipinski definition) is 9. The van der Waals surface area contributed by atoms with Gasteiger partial charge in [0.05, 0.1) is 42.3 Å². The molecule has 3 heterocycles. The number of fused-ring (bicyclic) bond motifs is 1. The summed E-state index contributed by atoms with van der Waals surface area (Å²) in [4.78, 5) is 19.8. The van der Waals surface area contributed by atoms with Crippen LogP contribution in [-0.2, 0) is 31.1 Å². The number of ether oxygens (including phenoxy) is 1. The fourth-order valence-corrected chi connectivity index (χ4v) is 5.92. The number of anilines is 2. The minimum Gasteiger partial charge on any atom is -0.383 e. The Labute approximate surface area is 268 Å². The molecule has 2 aromatic carbocycles. The van der Waals surface area contributed by atoms with Gasteiger partial charge in [0.15, 0.2) is 5.82 Å². The summed E-state index contributed by atoms with van der Waals surface area (Å²) in [5.41, 5.74) is 1.49. The molecule has 2 N–H and O–H groups in total. The quantitative estimate of drug-likeness (QED) is 0.227.